The monoisotopic (exact) mass is 461 g/mol. The van der Waals surface area contributed by atoms with Crippen LogP contribution in [-0.2, 0) is 4.74 Å². The zero-order chi connectivity index (χ0) is 22.5. The van der Waals surface area contributed by atoms with Gasteiger partial charge in [-0.25, -0.2) is 4.79 Å². The molecule has 10 nitrogen and oxygen atoms in total. The zero-order valence-corrected chi connectivity index (χ0v) is 19.5. The van der Waals surface area contributed by atoms with Crippen LogP contribution in [0.5, 0.6) is 0 Å². The second kappa shape index (κ2) is 10.3. The molecule has 32 heavy (non-hydrogen) atoms. The molecular weight excluding hydrogens is 430 g/mol. The number of hydrogen-bond acceptors (Lipinski definition) is 10. The third kappa shape index (κ3) is 5.40. The molecule has 2 aliphatic rings. The number of aromatic nitrogens is 2. The van der Waals surface area contributed by atoms with Crippen LogP contribution in [0.1, 0.15) is 32.6 Å². The van der Waals surface area contributed by atoms with E-state index in [4.69, 9.17) is 14.1 Å². The van der Waals surface area contributed by atoms with Crippen molar-refractivity contribution in [1.82, 2.24) is 19.7 Å². The third-order valence-corrected chi connectivity index (χ3v) is 7.10. The van der Waals surface area contributed by atoms with Crippen molar-refractivity contribution >= 4 is 38.9 Å². The smallest absolute Gasteiger partial charge is 0.376 e. The molecule has 0 saturated carbocycles. The van der Waals surface area contributed by atoms with Gasteiger partial charge in [0, 0.05) is 49.5 Å². The lowest BCUT2D eigenvalue weighted by molar-refractivity contribution is 0.180. The number of furan rings is 1. The van der Waals surface area contributed by atoms with Crippen LogP contribution in [0.4, 0.5) is 22.4 Å². The summed E-state index contributed by atoms with van der Waals surface area (Å²) in [4.78, 5) is 24.1. The molecule has 0 bridgehead atoms. The van der Waals surface area contributed by atoms with Crippen LogP contribution in [0, 0.1) is 5.92 Å². The number of nitrogens with zero attached hydrogens (tertiary/aromatic N) is 4. The summed E-state index contributed by atoms with van der Waals surface area (Å²) in [6.45, 7) is 10.5. The fraction of sp³-hybridized carbons (Fsp3) is 0.524. The van der Waals surface area contributed by atoms with Crippen molar-refractivity contribution in [2.45, 2.75) is 26.8 Å². The predicted octanol–water partition coefficient (Wildman–Crippen LogP) is 3.07. The minimum Gasteiger partial charge on any atom is -0.467 e. The van der Waals surface area contributed by atoms with Gasteiger partial charge in [-0.05, 0) is 37.3 Å². The molecule has 0 aliphatic carbocycles. The molecule has 0 amide bonds. The van der Waals surface area contributed by atoms with Gasteiger partial charge in [0.15, 0.2) is 0 Å². The minimum atomic E-state index is -0.796. The van der Waals surface area contributed by atoms with E-state index in [1.165, 1.54) is 0 Å². The summed E-state index contributed by atoms with van der Waals surface area (Å²) in [6, 6.07) is 5.70. The number of carbonyl (C=O) groups excluding carboxylic acids is 1. The molecule has 0 aromatic carbocycles. The van der Waals surface area contributed by atoms with E-state index >= 15 is 0 Å². The molecule has 1 fully saturated rings. The fourth-order valence-electron chi connectivity index (χ4n) is 3.65. The highest BCUT2D eigenvalue weighted by Gasteiger charge is 2.28. The van der Waals surface area contributed by atoms with Crippen LogP contribution in [0.3, 0.4) is 0 Å². The lowest BCUT2D eigenvalue weighted by Gasteiger charge is -2.29. The van der Waals surface area contributed by atoms with Crippen LogP contribution in [0.15, 0.2) is 28.9 Å². The average Bonchev–Trinajstić information content (AvgIpc) is 3.44. The lowest BCUT2D eigenvalue weighted by Crippen LogP contribution is -2.44. The highest BCUT2D eigenvalue weighted by molar-refractivity contribution is 8.25. The van der Waals surface area contributed by atoms with Crippen LogP contribution in [0.2, 0.25) is 0 Å². The van der Waals surface area contributed by atoms with Gasteiger partial charge in [0.2, 0.25) is 5.95 Å². The Balaban J connectivity index is 1.58. The third-order valence-electron chi connectivity index (χ3n) is 5.20. The number of rotatable bonds is 7. The normalized spacial score (nSPS) is 22.3. The maximum atomic E-state index is 12.4. The molecule has 174 valence electrons. The fourth-order valence-corrected chi connectivity index (χ4v) is 5.43. The first-order valence-corrected chi connectivity index (χ1v) is 12.2. The number of ether oxygens (including phenoxy) is 1. The largest absolute Gasteiger partial charge is 0.467 e. The summed E-state index contributed by atoms with van der Waals surface area (Å²) in [5.74, 6) is 3.05. The molecule has 1 saturated heterocycles. The predicted molar refractivity (Wildman–Crippen MR) is 128 cm³/mol. The van der Waals surface area contributed by atoms with Gasteiger partial charge in [0.1, 0.15) is 17.4 Å². The summed E-state index contributed by atoms with van der Waals surface area (Å²) in [7, 11) is -0.796. The Morgan fingerprint density at radius 3 is 2.94 bits per heavy atom. The summed E-state index contributed by atoms with van der Waals surface area (Å²) in [6.07, 6.45) is 1.66. The topological polar surface area (TPSA) is 108 Å². The molecular formula is C21H31N7O3S. The summed E-state index contributed by atoms with van der Waals surface area (Å²) in [5.41, 5.74) is 3.27. The lowest BCUT2D eigenvalue weighted by atomic mass is 10.2. The Hall–Kier alpha value is -2.63. The highest BCUT2D eigenvalue weighted by Crippen LogP contribution is 2.31. The molecule has 4 rings (SSSR count). The number of anilines is 3. The van der Waals surface area contributed by atoms with E-state index in [2.05, 4.69) is 32.9 Å². The first-order valence-electron chi connectivity index (χ1n) is 11.0. The van der Waals surface area contributed by atoms with E-state index < -0.39 is 10.7 Å². The molecule has 4 heterocycles. The Morgan fingerprint density at radius 1 is 1.41 bits per heavy atom. The Bertz CT molecular complexity index is 947. The van der Waals surface area contributed by atoms with Crippen molar-refractivity contribution in [1.29, 1.82) is 0 Å². The first kappa shape index (κ1) is 22.6. The molecule has 2 aromatic rings. The maximum absolute atomic E-state index is 12.4. The quantitative estimate of drug-likeness (QED) is 0.420. The molecule has 0 radical (unpaired) electrons. The Morgan fingerprint density at radius 2 is 2.22 bits per heavy atom. The van der Waals surface area contributed by atoms with Crippen LogP contribution >= 0.6 is 10.7 Å². The van der Waals surface area contributed by atoms with E-state index in [0.717, 1.165) is 37.8 Å². The van der Waals surface area contributed by atoms with Gasteiger partial charge in [-0.2, -0.15) is 14.4 Å². The van der Waals surface area contributed by atoms with E-state index in [9.17, 15) is 4.79 Å². The Labute approximate surface area is 190 Å². The van der Waals surface area contributed by atoms with E-state index in [-0.39, 0.29) is 17.3 Å². The first-order chi connectivity index (χ1) is 15.5. The van der Waals surface area contributed by atoms with Gasteiger partial charge >= 0.3 is 5.30 Å². The van der Waals surface area contributed by atoms with Gasteiger partial charge in [0.25, 0.3) is 0 Å². The summed E-state index contributed by atoms with van der Waals surface area (Å²) in [5, 5.41) is 8.55. The number of piperazine rings is 1. The van der Waals surface area contributed by atoms with Crippen molar-refractivity contribution in [3.63, 3.8) is 0 Å². The SMILES string of the molecule is CCOC(=O)S1=CC(C)CN1Nc1nc(NC(C)c2ccco2)cc(N2CCNCC2)n1. The zero-order valence-electron chi connectivity index (χ0n) is 18.7. The maximum Gasteiger partial charge on any atom is 0.376 e. The van der Waals surface area contributed by atoms with Crippen molar-refractivity contribution < 1.29 is 13.9 Å². The molecule has 11 heteroatoms. The molecule has 2 aromatic heterocycles. The van der Waals surface area contributed by atoms with Crippen molar-refractivity contribution in [2.75, 3.05) is 55.0 Å². The van der Waals surface area contributed by atoms with Gasteiger partial charge in [0.05, 0.1) is 18.9 Å². The summed E-state index contributed by atoms with van der Waals surface area (Å²) >= 11 is 0. The minimum absolute atomic E-state index is 0.0575. The van der Waals surface area contributed by atoms with E-state index in [0.29, 0.717) is 24.9 Å². The average molecular weight is 462 g/mol. The number of nitrogens with one attached hydrogen (secondary N) is 3. The number of hydrazine groups is 1. The van der Waals surface area contributed by atoms with Gasteiger partial charge in [-0.15, -0.1) is 0 Å². The summed E-state index contributed by atoms with van der Waals surface area (Å²) < 4.78 is 12.7. The second-order valence-electron chi connectivity index (χ2n) is 7.84. The molecule has 0 spiro atoms. The standard InChI is InChI=1S/C21H31N7O3S/c1-4-30-21(29)32-14-15(2)13-28(32)26-20-24-18(23-16(3)17-6-5-11-31-17)12-19(25-20)27-9-7-22-8-10-27/h5-6,11-12,14-16,22H,4,7-10,13H2,1-3H3,(H2,23,24,25,26). The molecule has 3 N–H and O–H groups in total. The molecule has 2 aliphatic heterocycles. The van der Waals surface area contributed by atoms with Crippen LogP contribution < -0.4 is 21.0 Å². The van der Waals surface area contributed by atoms with Gasteiger partial charge in [-0.1, -0.05) is 6.92 Å². The van der Waals surface area contributed by atoms with Gasteiger partial charge in [-0.3, -0.25) is 5.43 Å². The van der Waals surface area contributed by atoms with Crippen molar-refractivity contribution in [2.24, 2.45) is 5.92 Å². The molecule has 3 unspecified atom stereocenters. The van der Waals surface area contributed by atoms with Crippen molar-refractivity contribution in [3.05, 3.63) is 30.2 Å². The highest BCUT2D eigenvalue weighted by atomic mass is 32.2. The number of carbonyl (C=O) groups is 1. The van der Waals surface area contributed by atoms with Gasteiger partial charge < -0.3 is 24.7 Å². The molecule has 3 atom stereocenters. The van der Waals surface area contributed by atoms with Crippen LogP contribution in [-0.4, -0.2) is 64.4 Å². The number of hydrogen-bond donors (Lipinski definition) is 3. The van der Waals surface area contributed by atoms with E-state index in [1.54, 1.807) is 6.26 Å². The van der Waals surface area contributed by atoms with Crippen molar-refractivity contribution in [3.8, 4) is 0 Å². The second-order valence-corrected chi connectivity index (χ2v) is 9.51. The van der Waals surface area contributed by atoms with E-state index in [1.807, 2.05) is 41.8 Å². The Kier molecular flexibility index (Phi) is 7.28. The van der Waals surface area contributed by atoms with Crippen LogP contribution in [0.25, 0.3) is 0 Å².